The number of esters is 1. The quantitative estimate of drug-likeness (QED) is 0.777. The lowest BCUT2D eigenvalue weighted by molar-refractivity contribution is 0.0526. The summed E-state index contributed by atoms with van der Waals surface area (Å²) in [5.74, 6) is -0.426. The molecule has 3 nitrogen and oxygen atoms in total. The van der Waals surface area contributed by atoms with E-state index in [-0.39, 0.29) is 0 Å². The van der Waals surface area contributed by atoms with Crippen molar-refractivity contribution in [3.05, 3.63) is 58.6 Å². The summed E-state index contributed by atoms with van der Waals surface area (Å²) in [7, 11) is 0. The highest BCUT2D eigenvalue weighted by Gasteiger charge is 2.12. The number of hydrogen-bond donors (Lipinski definition) is 0. The van der Waals surface area contributed by atoms with Crippen LogP contribution in [0.25, 0.3) is 0 Å². The highest BCUT2D eigenvalue weighted by Crippen LogP contribution is 2.31. The van der Waals surface area contributed by atoms with Crippen LogP contribution >= 0.6 is 23.4 Å². The second-order valence-electron chi connectivity index (χ2n) is 4.10. The molecular formula is C16H12ClNO2S. The van der Waals surface area contributed by atoms with Gasteiger partial charge in [0.05, 0.1) is 28.8 Å². The third-order valence-electron chi connectivity index (χ3n) is 2.65. The Morgan fingerprint density at radius 1 is 1.24 bits per heavy atom. The molecule has 0 unspecified atom stereocenters. The summed E-state index contributed by atoms with van der Waals surface area (Å²) in [4.78, 5) is 13.7. The number of hydrogen-bond acceptors (Lipinski definition) is 4. The van der Waals surface area contributed by atoms with Gasteiger partial charge >= 0.3 is 5.97 Å². The summed E-state index contributed by atoms with van der Waals surface area (Å²) in [6.45, 7) is 2.06. The summed E-state index contributed by atoms with van der Waals surface area (Å²) < 4.78 is 4.98. The lowest BCUT2D eigenvalue weighted by Crippen LogP contribution is -2.05. The van der Waals surface area contributed by atoms with Crippen molar-refractivity contribution in [2.45, 2.75) is 16.7 Å². The first-order valence-electron chi connectivity index (χ1n) is 6.28. The monoisotopic (exact) mass is 317 g/mol. The largest absolute Gasteiger partial charge is 0.462 e. The Kier molecular flexibility index (Phi) is 5.26. The highest BCUT2D eigenvalue weighted by atomic mass is 35.5. The van der Waals surface area contributed by atoms with Gasteiger partial charge in [-0.2, -0.15) is 5.26 Å². The Balaban J connectivity index is 2.22. The molecule has 0 N–H and O–H groups in total. The summed E-state index contributed by atoms with van der Waals surface area (Å²) in [5, 5.41) is 9.15. The predicted molar refractivity (Wildman–Crippen MR) is 82.7 cm³/mol. The number of ether oxygens (including phenoxy) is 1. The standard InChI is InChI=1S/C16H12ClNO2S/c1-2-20-16(19)14-9-13(7-8-15(14)17)21-12-5-3-11(10-18)4-6-12/h3-9H,2H2,1H3. The number of halogens is 1. The highest BCUT2D eigenvalue weighted by molar-refractivity contribution is 7.99. The van der Waals surface area contributed by atoms with Crippen molar-refractivity contribution in [1.82, 2.24) is 0 Å². The molecule has 106 valence electrons. The fourth-order valence-corrected chi connectivity index (χ4v) is 2.72. The molecule has 0 amide bonds. The van der Waals surface area contributed by atoms with Crippen LogP contribution in [0, 0.1) is 11.3 Å². The lowest BCUT2D eigenvalue weighted by atomic mass is 10.2. The van der Waals surface area contributed by atoms with Crippen LogP contribution in [0.15, 0.2) is 52.3 Å². The molecule has 2 aromatic carbocycles. The van der Waals surface area contributed by atoms with Gasteiger partial charge in [-0.05, 0) is 49.4 Å². The Morgan fingerprint density at radius 3 is 2.52 bits per heavy atom. The smallest absolute Gasteiger partial charge is 0.339 e. The van der Waals surface area contributed by atoms with Crippen molar-refractivity contribution in [2.24, 2.45) is 0 Å². The van der Waals surface area contributed by atoms with Crippen molar-refractivity contribution in [3.63, 3.8) is 0 Å². The number of carbonyl (C=O) groups is 1. The second kappa shape index (κ2) is 7.16. The molecule has 0 heterocycles. The molecule has 0 fully saturated rings. The molecule has 0 bridgehead atoms. The first kappa shape index (κ1) is 15.4. The van der Waals surface area contributed by atoms with Gasteiger partial charge in [-0.25, -0.2) is 4.79 Å². The molecule has 0 aliphatic rings. The van der Waals surface area contributed by atoms with E-state index in [1.54, 1.807) is 31.2 Å². The van der Waals surface area contributed by atoms with Crippen LogP contribution < -0.4 is 0 Å². The van der Waals surface area contributed by atoms with Gasteiger partial charge in [-0.1, -0.05) is 23.4 Å². The van der Waals surface area contributed by atoms with Gasteiger partial charge in [0.2, 0.25) is 0 Å². The molecule has 21 heavy (non-hydrogen) atoms. The average molecular weight is 318 g/mol. The van der Waals surface area contributed by atoms with Crippen molar-refractivity contribution < 1.29 is 9.53 Å². The third-order valence-corrected chi connectivity index (χ3v) is 3.98. The van der Waals surface area contributed by atoms with Crippen LogP contribution in [-0.4, -0.2) is 12.6 Å². The van der Waals surface area contributed by atoms with Gasteiger partial charge in [0.1, 0.15) is 0 Å². The maximum Gasteiger partial charge on any atom is 0.339 e. The number of benzene rings is 2. The summed E-state index contributed by atoms with van der Waals surface area (Å²) in [6, 6.07) is 14.5. The predicted octanol–water partition coefficient (Wildman–Crippen LogP) is 4.54. The number of nitrogens with zero attached hydrogens (tertiary/aromatic N) is 1. The van der Waals surface area contributed by atoms with Gasteiger partial charge in [-0.15, -0.1) is 0 Å². The minimum atomic E-state index is -0.426. The van der Waals surface area contributed by atoms with Crippen molar-refractivity contribution >= 4 is 29.3 Å². The number of nitriles is 1. The molecule has 0 atom stereocenters. The molecule has 0 spiro atoms. The maximum atomic E-state index is 11.8. The van der Waals surface area contributed by atoms with Crippen LogP contribution in [0.4, 0.5) is 0 Å². The fraction of sp³-hybridized carbons (Fsp3) is 0.125. The zero-order chi connectivity index (χ0) is 15.2. The molecule has 0 aliphatic heterocycles. The Labute approximate surface area is 132 Å². The van der Waals surface area contributed by atoms with Crippen LogP contribution in [0.1, 0.15) is 22.8 Å². The molecule has 0 aromatic heterocycles. The van der Waals surface area contributed by atoms with E-state index < -0.39 is 5.97 Å². The molecule has 0 saturated heterocycles. The van der Waals surface area contributed by atoms with Crippen LogP contribution in [0.2, 0.25) is 5.02 Å². The van der Waals surface area contributed by atoms with E-state index in [1.165, 1.54) is 11.8 Å². The van der Waals surface area contributed by atoms with E-state index >= 15 is 0 Å². The van der Waals surface area contributed by atoms with Gasteiger partial charge in [0.15, 0.2) is 0 Å². The van der Waals surface area contributed by atoms with Crippen LogP contribution in [0.5, 0.6) is 0 Å². The zero-order valence-electron chi connectivity index (χ0n) is 11.3. The summed E-state index contributed by atoms with van der Waals surface area (Å²) in [6.07, 6.45) is 0. The Hall–Kier alpha value is -1.96. The second-order valence-corrected chi connectivity index (χ2v) is 5.65. The Bertz CT molecular complexity index is 692. The number of carbonyl (C=O) groups excluding carboxylic acids is 1. The van der Waals surface area contributed by atoms with Gasteiger partial charge in [-0.3, -0.25) is 0 Å². The average Bonchev–Trinajstić information content (AvgIpc) is 2.50. The van der Waals surface area contributed by atoms with E-state index in [0.717, 1.165) is 9.79 Å². The fourth-order valence-electron chi connectivity index (χ4n) is 1.67. The van der Waals surface area contributed by atoms with E-state index in [2.05, 4.69) is 6.07 Å². The van der Waals surface area contributed by atoms with Crippen molar-refractivity contribution in [3.8, 4) is 6.07 Å². The molecule has 2 rings (SSSR count). The molecule has 2 aromatic rings. The summed E-state index contributed by atoms with van der Waals surface area (Å²) in [5.41, 5.74) is 0.972. The van der Waals surface area contributed by atoms with E-state index in [0.29, 0.717) is 22.8 Å². The number of rotatable bonds is 4. The minimum absolute atomic E-state index is 0.308. The normalized spacial score (nSPS) is 9.95. The van der Waals surface area contributed by atoms with E-state index in [4.69, 9.17) is 21.6 Å². The SMILES string of the molecule is CCOC(=O)c1cc(Sc2ccc(C#N)cc2)ccc1Cl. The van der Waals surface area contributed by atoms with E-state index in [1.807, 2.05) is 18.2 Å². The van der Waals surface area contributed by atoms with Crippen LogP contribution in [-0.2, 0) is 4.74 Å². The molecular weight excluding hydrogens is 306 g/mol. The molecule has 0 aliphatic carbocycles. The topological polar surface area (TPSA) is 50.1 Å². The minimum Gasteiger partial charge on any atom is -0.462 e. The molecule has 0 saturated carbocycles. The van der Waals surface area contributed by atoms with Gasteiger partial charge in [0, 0.05) is 9.79 Å². The first-order valence-corrected chi connectivity index (χ1v) is 7.48. The van der Waals surface area contributed by atoms with Crippen molar-refractivity contribution in [2.75, 3.05) is 6.61 Å². The van der Waals surface area contributed by atoms with Gasteiger partial charge in [0.25, 0.3) is 0 Å². The van der Waals surface area contributed by atoms with Crippen molar-refractivity contribution in [1.29, 1.82) is 5.26 Å². The van der Waals surface area contributed by atoms with E-state index in [9.17, 15) is 4.79 Å². The zero-order valence-corrected chi connectivity index (χ0v) is 12.9. The summed E-state index contributed by atoms with van der Waals surface area (Å²) >= 11 is 7.51. The molecule has 0 radical (unpaired) electrons. The third kappa shape index (κ3) is 4.01. The Morgan fingerprint density at radius 2 is 1.90 bits per heavy atom. The van der Waals surface area contributed by atoms with Crippen LogP contribution in [0.3, 0.4) is 0 Å². The molecule has 5 heteroatoms. The first-order chi connectivity index (χ1) is 10.1. The lowest BCUT2D eigenvalue weighted by Gasteiger charge is -2.07. The van der Waals surface area contributed by atoms with Gasteiger partial charge < -0.3 is 4.74 Å². The maximum absolute atomic E-state index is 11.8.